The van der Waals surface area contributed by atoms with Gasteiger partial charge in [-0.25, -0.2) is 4.98 Å². The minimum absolute atomic E-state index is 0.103. The van der Waals surface area contributed by atoms with Gasteiger partial charge in [0.1, 0.15) is 11.9 Å². The quantitative estimate of drug-likeness (QED) is 0.663. The summed E-state index contributed by atoms with van der Waals surface area (Å²) in [5.41, 5.74) is 13.2. The second-order valence-corrected chi connectivity index (χ2v) is 7.84. The molecule has 3 heterocycles. The summed E-state index contributed by atoms with van der Waals surface area (Å²) >= 11 is 0. The second kappa shape index (κ2) is 8.03. The molecule has 3 N–H and O–H groups in total. The first-order chi connectivity index (χ1) is 14.8. The lowest BCUT2D eigenvalue weighted by Gasteiger charge is -2.11. The lowest BCUT2D eigenvalue weighted by atomic mass is 10.1. The fraction of sp³-hybridized carbons (Fsp3) is 0.261. The van der Waals surface area contributed by atoms with Gasteiger partial charge in [0, 0.05) is 31.1 Å². The fourth-order valence-electron chi connectivity index (χ4n) is 3.86. The number of hydrogen-bond acceptors (Lipinski definition) is 6. The first-order valence-electron chi connectivity index (χ1n) is 9.97. The first-order valence-corrected chi connectivity index (χ1v) is 9.97. The molecule has 0 bridgehead atoms. The summed E-state index contributed by atoms with van der Waals surface area (Å²) in [6.45, 7) is 6.59. The van der Waals surface area contributed by atoms with Crippen LogP contribution in [0.1, 0.15) is 49.7 Å². The van der Waals surface area contributed by atoms with Crippen LogP contribution in [-0.2, 0) is 19.5 Å². The minimum atomic E-state index is -0.348. The van der Waals surface area contributed by atoms with Crippen LogP contribution in [0.4, 0.5) is 5.82 Å². The number of amides is 1. The Bertz CT molecular complexity index is 1240. The van der Waals surface area contributed by atoms with Gasteiger partial charge in [-0.05, 0) is 60.7 Å². The van der Waals surface area contributed by atoms with E-state index in [2.05, 4.69) is 32.5 Å². The van der Waals surface area contributed by atoms with Gasteiger partial charge in [0.2, 0.25) is 0 Å². The van der Waals surface area contributed by atoms with Crippen molar-refractivity contribution in [2.45, 2.75) is 40.3 Å². The number of rotatable bonds is 5. The number of aromatic nitrogens is 4. The average Bonchev–Trinajstić information content (AvgIpc) is 3.30. The van der Waals surface area contributed by atoms with Crippen molar-refractivity contribution in [1.82, 2.24) is 25.1 Å². The van der Waals surface area contributed by atoms with Gasteiger partial charge in [-0.15, -0.1) is 0 Å². The normalized spacial score (nSPS) is 12.3. The summed E-state index contributed by atoms with van der Waals surface area (Å²) in [5.74, 6) is 0.103. The third-order valence-electron chi connectivity index (χ3n) is 5.37. The number of carbonyl (C=O) groups excluding carboxylic acids is 1. The maximum Gasteiger partial charge on any atom is 0.256 e. The number of fused-ring (bicyclic) bond motifs is 1. The number of aryl methyl sites for hydroxylation is 3. The number of nitrogens with one attached hydrogen (secondary N) is 1. The number of pyridine rings is 2. The van der Waals surface area contributed by atoms with Gasteiger partial charge >= 0.3 is 0 Å². The first kappa shape index (κ1) is 20.3. The number of anilines is 1. The molecule has 156 valence electrons. The van der Waals surface area contributed by atoms with Crippen LogP contribution < -0.4 is 11.1 Å². The number of nitrogen functional groups attached to an aromatic ring is 1. The SMILES string of the molecule is Cc1cnc2c(c1)C=C(Cn1cc(C(=O)NCc3c(C)cc(N)nc3C)c(C#N)n1)C2. The van der Waals surface area contributed by atoms with Crippen molar-refractivity contribution in [1.29, 1.82) is 5.26 Å². The van der Waals surface area contributed by atoms with Crippen LogP contribution in [0.2, 0.25) is 0 Å². The van der Waals surface area contributed by atoms with E-state index in [4.69, 9.17) is 5.73 Å². The van der Waals surface area contributed by atoms with Gasteiger partial charge in [0.05, 0.1) is 17.8 Å². The molecular formula is C23H23N7O. The molecule has 1 aliphatic carbocycles. The predicted molar refractivity (Wildman–Crippen MR) is 117 cm³/mol. The molecule has 1 amide bonds. The van der Waals surface area contributed by atoms with Crippen molar-refractivity contribution in [3.8, 4) is 6.07 Å². The number of nitrogens with zero attached hydrogens (tertiary/aromatic N) is 5. The summed E-state index contributed by atoms with van der Waals surface area (Å²) in [5, 5.41) is 16.6. The van der Waals surface area contributed by atoms with E-state index in [1.807, 2.05) is 33.0 Å². The molecule has 4 rings (SSSR count). The van der Waals surface area contributed by atoms with Crippen LogP contribution in [0.3, 0.4) is 0 Å². The van der Waals surface area contributed by atoms with E-state index in [9.17, 15) is 10.1 Å². The molecule has 0 spiro atoms. The van der Waals surface area contributed by atoms with Gasteiger partial charge < -0.3 is 11.1 Å². The fourth-order valence-corrected chi connectivity index (χ4v) is 3.86. The Morgan fingerprint density at radius 1 is 1.32 bits per heavy atom. The Labute approximate surface area is 180 Å². The minimum Gasteiger partial charge on any atom is -0.384 e. The molecule has 8 heteroatoms. The van der Waals surface area contributed by atoms with Crippen molar-refractivity contribution < 1.29 is 4.79 Å². The molecule has 0 radical (unpaired) electrons. The molecule has 31 heavy (non-hydrogen) atoms. The van der Waals surface area contributed by atoms with Crippen molar-refractivity contribution in [3.05, 3.63) is 75.0 Å². The van der Waals surface area contributed by atoms with E-state index < -0.39 is 0 Å². The Morgan fingerprint density at radius 2 is 2.13 bits per heavy atom. The molecule has 8 nitrogen and oxygen atoms in total. The lowest BCUT2D eigenvalue weighted by molar-refractivity contribution is 0.0950. The van der Waals surface area contributed by atoms with Crippen molar-refractivity contribution >= 4 is 17.8 Å². The van der Waals surface area contributed by atoms with Gasteiger partial charge in [-0.2, -0.15) is 10.4 Å². The van der Waals surface area contributed by atoms with E-state index in [1.54, 1.807) is 16.9 Å². The van der Waals surface area contributed by atoms with E-state index >= 15 is 0 Å². The summed E-state index contributed by atoms with van der Waals surface area (Å²) in [6, 6.07) is 5.90. The molecule has 0 atom stereocenters. The molecule has 0 saturated carbocycles. The van der Waals surface area contributed by atoms with Crippen LogP contribution in [0.25, 0.3) is 6.08 Å². The highest BCUT2D eigenvalue weighted by Crippen LogP contribution is 2.25. The number of nitrogens with two attached hydrogens (primary N) is 1. The Morgan fingerprint density at radius 3 is 2.87 bits per heavy atom. The third-order valence-corrected chi connectivity index (χ3v) is 5.37. The third kappa shape index (κ3) is 4.16. The van der Waals surface area contributed by atoms with E-state index in [1.165, 1.54) is 0 Å². The number of allylic oxidation sites excluding steroid dienone is 1. The molecule has 0 saturated heterocycles. The van der Waals surface area contributed by atoms with E-state index in [0.717, 1.165) is 45.6 Å². The average molecular weight is 413 g/mol. The molecule has 0 aromatic carbocycles. The summed E-state index contributed by atoms with van der Waals surface area (Å²) in [7, 11) is 0. The van der Waals surface area contributed by atoms with Crippen LogP contribution in [0.5, 0.6) is 0 Å². The van der Waals surface area contributed by atoms with Gasteiger partial charge in [-0.3, -0.25) is 14.5 Å². The molecule has 0 fully saturated rings. The van der Waals surface area contributed by atoms with E-state index in [0.29, 0.717) is 18.9 Å². The van der Waals surface area contributed by atoms with Crippen molar-refractivity contribution in [2.24, 2.45) is 0 Å². The molecule has 1 aliphatic rings. The van der Waals surface area contributed by atoms with Gasteiger partial charge in [-0.1, -0.05) is 6.08 Å². The highest BCUT2D eigenvalue weighted by molar-refractivity contribution is 5.95. The molecular weight excluding hydrogens is 390 g/mol. The highest BCUT2D eigenvalue weighted by Gasteiger charge is 2.19. The zero-order valence-corrected chi connectivity index (χ0v) is 17.7. The van der Waals surface area contributed by atoms with Gasteiger partial charge in [0.15, 0.2) is 5.69 Å². The van der Waals surface area contributed by atoms with Crippen LogP contribution >= 0.6 is 0 Å². The molecule has 0 aliphatic heterocycles. The summed E-state index contributed by atoms with van der Waals surface area (Å²) in [4.78, 5) is 21.5. The molecule has 0 unspecified atom stereocenters. The monoisotopic (exact) mass is 413 g/mol. The topological polar surface area (TPSA) is 123 Å². The predicted octanol–water partition coefficient (Wildman–Crippen LogP) is 2.62. The lowest BCUT2D eigenvalue weighted by Crippen LogP contribution is -2.24. The van der Waals surface area contributed by atoms with Crippen molar-refractivity contribution in [3.63, 3.8) is 0 Å². The largest absolute Gasteiger partial charge is 0.384 e. The highest BCUT2D eigenvalue weighted by atomic mass is 16.1. The molecule has 3 aromatic heterocycles. The standard InChI is InChI=1S/C23H23N7O/c1-13-4-17-6-16(7-20(17)26-9-13)11-30-12-19(21(8-24)29-30)23(31)27-10-18-14(2)5-22(25)28-15(18)3/h4-6,9,12H,7,10-11H2,1-3H3,(H2,25,28)(H,27,31). The Hall–Kier alpha value is -3.99. The number of nitriles is 1. The maximum absolute atomic E-state index is 12.8. The zero-order chi connectivity index (χ0) is 22.1. The summed E-state index contributed by atoms with van der Waals surface area (Å²) < 4.78 is 1.64. The van der Waals surface area contributed by atoms with Crippen LogP contribution in [-0.4, -0.2) is 25.7 Å². The smallest absolute Gasteiger partial charge is 0.256 e. The summed E-state index contributed by atoms with van der Waals surface area (Å²) in [6.07, 6.45) is 6.32. The Kier molecular flexibility index (Phi) is 5.26. The van der Waals surface area contributed by atoms with Crippen LogP contribution in [0, 0.1) is 32.1 Å². The second-order valence-electron chi connectivity index (χ2n) is 7.84. The number of carbonyl (C=O) groups is 1. The van der Waals surface area contributed by atoms with Gasteiger partial charge in [0.25, 0.3) is 5.91 Å². The zero-order valence-electron chi connectivity index (χ0n) is 17.7. The van der Waals surface area contributed by atoms with Crippen molar-refractivity contribution in [2.75, 3.05) is 5.73 Å². The Balaban J connectivity index is 1.48. The molecule has 3 aromatic rings. The number of hydrogen-bond donors (Lipinski definition) is 2. The maximum atomic E-state index is 12.8. The van der Waals surface area contributed by atoms with Crippen LogP contribution in [0.15, 0.2) is 30.1 Å². The van der Waals surface area contributed by atoms with E-state index in [-0.39, 0.29) is 17.2 Å².